The van der Waals surface area contributed by atoms with Crippen molar-refractivity contribution in [2.75, 3.05) is 13.1 Å². The Morgan fingerprint density at radius 3 is 2.91 bits per heavy atom. The van der Waals surface area contributed by atoms with E-state index in [2.05, 4.69) is 10.3 Å². The standard InChI is InChI=1S/C16H22N4O.2ClH/c17-10-12-4-3-5-14(12)16(21)18-8-7-13-11-20-9-2-1-6-15(20)19-13;;/h1-2,6,9,11-12,14H,3-5,7-8,10,17H2,(H,18,21);2*1H/t12-,14-;;/m1../s1. The molecule has 1 fully saturated rings. The zero-order chi connectivity index (χ0) is 14.7. The number of carbonyl (C=O) groups is 1. The zero-order valence-electron chi connectivity index (χ0n) is 13.0. The lowest BCUT2D eigenvalue weighted by molar-refractivity contribution is -0.125. The van der Waals surface area contributed by atoms with Crippen molar-refractivity contribution < 1.29 is 4.79 Å². The van der Waals surface area contributed by atoms with E-state index in [0.29, 0.717) is 19.0 Å². The molecule has 128 valence electrons. The Bertz CT molecular complexity index is 598. The van der Waals surface area contributed by atoms with E-state index in [4.69, 9.17) is 5.73 Å². The Hall–Kier alpha value is -1.30. The summed E-state index contributed by atoms with van der Waals surface area (Å²) in [5.74, 6) is 0.628. The molecule has 1 saturated carbocycles. The number of nitrogens with two attached hydrogens (primary N) is 1. The van der Waals surface area contributed by atoms with Crippen LogP contribution in [0.2, 0.25) is 0 Å². The molecule has 0 saturated heterocycles. The van der Waals surface area contributed by atoms with Gasteiger partial charge in [-0.25, -0.2) is 4.98 Å². The first-order valence-corrected chi connectivity index (χ1v) is 7.68. The first kappa shape index (κ1) is 19.7. The molecular weight excluding hydrogens is 335 g/mol. The Morgan fingerprint density at radius 2 is 2.17 bits per heavy atom. The maximum absolute atomic E-state index is 12.2. The summed E-state index contributed by atoms with van der Waals surface area (Å²) in [4.78, 5) is 16.7. The molecule has 1 aliphatic rings. The van der Waals surface area contributed by atoms with E-state index >= 15 is 0 Å². The van der Waals surface area contributed by atoms with E-state index in [1.165, 1.54) is 0 Å². The topological polar surface area (TPSA) is 72.4 Å². The Kier molecular flexibility index (Phi) is 7.82. The zero-order valence-corrected chi connectivity index (χ0v) is 14.6. The molecule has 2 atom stereocenters. The summed E-state index contributed by atoms with van der Waals surface area (Å²) < 4.78 is 2.00. The summed E-state index contributed by atoms with van der Waals surface area (Å²) in [5, 5.41) is 3.04. The van der Waals surface area contributed by atoms with E-state index in [1.807, 2.05) is 35.0 Å². The molecule has 0 aromatic carbocycles. The minimum absolute atomic E-state index is 0. The molecular formula is C16H24Cl2N4O. The van der Waals surface area contributed by atoms with Crippen LogP contribution in [0.3, 0.4) is 0 Å². The van der Waals surface area contributed by atoms with Gasteiger partial charge in [-0.3, -0.25) is 4.79 Å². The van der Waals surface area contributed by atoms with Crippen LogP contribution in [0.4, 0.5) is 0 Å². The highest BCUT2D eigenvalue weighted by Crippen LogP contribution is 2.30. The number of rotatable bonds is 5. The van der Waals surface area contributed by atoms with Gasteiger partial charge in [-0.1, -0.05) is 12.5 Å². The maximum atomic E-state index is 12.2. The third kappa shape index (κ3) is 4.59. The van der Waals surface area contributed by atoms with E-state index in [-0.39, 0.29) is 36.6 Å². The number of halogens is 2. The molecule has 3 rings (SSSR count). The van der Waals surface area contributed by atoms with Crippen molar-refractivity contribution >= 4 is 36.4 Å². The predicted octanol–water partition coefficient (Wildman–Crippen LogP) is 2.21. The molecule has 1 aliphatic carbocycles. The van der Waals surface area contributed by atoms with Crippen molar-refractivity contribution in [3.8, 4) is 0 Å². The molecule has 2 aromatic rings. The molecule has 5 nitrogen and oxygen atoms in total. The average Bonchev–Trinajstić information content (AvgIpc) is 3.12. The highest BCUT2D eigenvalue weighted by molar-refractivity contribution is 5.85. The number of pyridine rings is 1. The quantitative estimate of drug-likeness (QED) is 0.860. The highest BCUT2D eigenvalue weighted by atomic mass is 35.5. The molecule has 3 N–H and O–H groups in total. The molecule has 0 spiro atoms. The summed E-state index contributed by atoms with van der Waals surface area (Å²) in [6, 6.07) is 5.93. The molecule has 0 aliphatic heterocycles. The van der Waals surface area contributed by atoms with Gasteiger partial charge in [0.2, 0.25) is 5.91 Å². The van der Waals surface area contributed by atoms with E-state index in [0.717, 1.165) is 37.0 Å². The fourth-order valence-electron chi connectivity index (χ4n) is 3.22. The summed E-state index contributed by atoms with van der Waals surface area (Å²) in [7, 11) is 0. The second kappa shape index (κ2) is 9.11. The first-order valence-electron chi connectivity index (χ1n) is 7.68. The fraction of sp³-hybridized carbons (Fsp3) is 0.500. The molecule has 0 radical (unpaired) electrons. The Labute approximate surface area is 148 Å². The third-order valence-corrected chi connectivity index (χ3v) is 4.39. The first-order chi connectivity index (χ1) is 10.3. The lowest BCUT2D eigenvalue weighted by Gasteiger charge is -2.17. The van der Waals surface area contributed by atoms with Gasteiger partial charge in [-0.15, -0.1) is 24.8 Å². The van der Waals surface area contributed by atoms with E-state index < -0.39 is 0 Å². The van der Waals surface area contributed by atoms with Crippen molar-refractivity contribution in [2.45, 2.75) is 25.7 Å². The van der Waals surface area contributed by atoms with Crippen LogP contribution in [0.25, 0.3) is 5.65 Å². The fourth-order valence-corrected chi connectivity index (χ4v) is 3.22. The number of hydrogen-bond donors (Lipinski definition) is 2. The van der Waals surface area contributed by atoms with Gasteiger partial charge in [-0.05, 0) is 37.4 Å². The minimum Gasteiger partial charge on any atom is -0.355 e. The van der Waals surface area contributed by atoms with Crippen molar-refractivity contribution in [3.63, 3.8) is 0 Å². The second-order valence-corrected chi connectivity index (χ2v) is 5.77. The van der Waals surface area contributed by atoms with Crippen molar-refractivity contribution in [3.05, 3.63) is 36.3 Å². The van der Waals surface area contributed by atoms with Crippen LogP contribution in [0.1, 0.15) is 25.0 Å². The molecule has 0 bridgehead atoms. The number of imidazole rings is 1. The second-order valence-electron chi connectivity index (χ2n) is 5.77. The summed E-state index contributed by atoms with van der Waals surface area (Å²) in [5.41, 5.74) is 7.68. The maximum Gasteiger partial charge on any atom is 0.223 e. The molecule has 2 aromatic heterocycles. The van der Waals surface area contributed by atoms with E-state index in [9.17, 15) is 4.79 Å². The van der Waals surface area contributed by atoms with Crippen LogP contribution < -0.4 is 11.1 Å². The number of aromatic nitrogens is 2. The Balaban J connectivity index is 0.00000132. The van der Waals surface area contributed by atoms with Gasteiger partial charge in [0.1, 0.15) is 5.65 Å². The van der Waals surface area contributed by atoms with Gasteiger partial charge in [0.15, 0.2) is 0 Å². The van der Waals surface area contributed by atoms with Gasteiger partial charge in [0.25, 0.3) is 0 Å². The summed E-state index contributed by atoms with van der Waals surface area (Å²) in [6.07, 6.45) is 7.93. The highest BCUT2D eigenvalue weighted by Gasteiger charge is 2.31. The monoisotopic (exact) mass is 358 g/mol. The predicted molar refractivity (Wildman–Crippen MR) is 96.3 cm³/mol. The number of fused-ring (bicyclic) bond motifs is 1. The van der Waals surface area contributed by atoms with E-state index in [1.54, 1.807) is 0 Å². The lowest BCUT2D eigenvalue weighted by atomic mass is 9.95. The number of hydrogen-bond acceptors (Lipinski definition) is 3. The van der Waals surface area contributed by atoms with Crippen molar-refractivity contribution in [1.82, 2.24) is 14.7 Å². The molecule has 7 heteroatoms. The molecule has 0 unspecified atom stereocenters. The van der Waals surface area contributed by atoms with Gasteiger partial charge in [0, 0.05) is 31.3 Å². The third-order valence-electron chi connectivity index (χ3n) is 4.39. The van der Waals surface area contributed by atoms with Crippen LogP contribution in [-0.2, 0) is 11.2 Å². The Morgan fingerprint density at radius 1 is 1.35 bits per heavy atom. The molecule has 2 heterocycles. The smallest absolute Gasteiger partial charge is 0.223 e. The van der Waals surface area contributed by atoms with Gasteiger partial charge in [-0.2, -0.15) is 0 Å². The van der Waals surface area contributed by atoms with Crippen LogP contribution in [0, 0.1) is 11.8 Å². The lowest BCUT2D eigenvalue weighted by Crippen LogP contribution is -2.36. The van der Waals surface area contributed by atoms with Gasteiger partial charge in [0.05, 0.1) is 5.69 Å². The van der Waals surface area contributed by atoms with Crippen molar-refractivity contribution in [2.24, 2.45) is 17.6 Å². The van der Waals surface area contributed by atoms with Crippen LogP contribution >= 0.6 is 24.8 Å². The number of nitrogens with zero attached hydrogens (tertiary/aromatic N) is 2. The largest absolute Gasteiger partial charge is 0.355 e. The molecule has 23 heavy (non-hydrogen) atoms. The average molecular weight is 359 g/mol. The normalized spacial score (nSPS) is 19.9. The molecule has 1 amide bonds. The van der Waals surface area contributed by atoms with Crippen molar-refractivity contribution in [1.29, 1.82) is 0 Å². The summed E-state index contributed by atoms with van der Waals surface area (Å²) >= 11 is 0. The van der Waals surface area contributed by atoms with Crippen LogP contribution in [-0.4, -0.2) is 28.4 Å². The van der Waals surface area contributed by atoms with Gasteiger partial charge < -0.3 is 15.5 Å². The van der Waals surface area contributed by atoms with Crippen LogP contribution in [0.15, 0.2) is 30.6 Å². The van der Waals surface area contributed by atoms with Crippen LogP contribution in [0.5, 0.6) is 0 Å². The summed E-state index contributed by atoms with van der Waals surface area (Å²) in [6.45, 7) is 1.25. The minimum atomic E-state index is 0. The number of amides is 1. The SMILES string of the molecule is Cl.Cl.NC[C@H]1CCC[C@H]1C(=O)NCCc1cn2ccccc2n1. The number of nitrogens with one attached hydrogen (secondary N) is 1. The van der Waals surface area contributed by atoms with Gasteiger partial charge >= 0.3 is 0 Å². The number of carbonyl (C=O) groups excluding carboxylic acids is 1.